The fraction of sp³-hybridized carbons (Fsp3) is 0.273. The molecule has 1 saturated heterocycles. The van der Waals surface area contributed by atoms with Gasteiger partial charge in [-0.25, -0.2) is 4.90 Å². The highest BCUT2D eigenvalue weighted by atomic mass is 79.9. The Labute approximate surface area is 277 Å². The van der Waals surface area contributed by atoms with E-state index in [1.165, 1.54) is 21.2 Å². The minimum atomic E-state index is -0.758. The molecule has 3 aromatic carbocycles. The van der Waals surface area contributed by atoms with Crippen molar-refractivity contribution >= 4 is 73.8 Å². The lowest BCUT2D eigenvalue weighted by Crippen LogP contribution is -2.33. The number of ether oxygens (including phenoxy) is 1. The van der Waals surface area contributed by atoms with Crippen LogP contribution in [0.3, 0.4) is 0 Å². The number of hydrogen-bond donors (Lipinski definition) is 1. The number of aromatic nitrogens is 1. The molecule has 4 aromatic rings. The van der Waals surface area contributed by atoms with Gasteiger partial charge in [-0.3, -0.25) is 23.7 Å². The highest BCUT2D eigenvalue weighted by molar-refractivity contribution is 9.10. The lowest BCUT2D eigenvalue weighted by atomic mass is 9.83. The Morgan fingerprint density at radius 2 is 1.60 bits per heavy atom. The average Bonchev–Trinajstić information content (AvgIpc) is 3.49. The van der Waals surface area contributed by atoms with Gasteiger partial charge in [0.05, 0.1) is 23.7 Å². The Hall–Kier alpha value is -3.87. The molecule has 1 aromatic heterocycles. The molecule has 1 fully saturated rings. The maximum absolute atomic E-state index is 14.1. The van der Waals surface area contributed by atoms with Crippen LogP contribution in [0.25, 0.3) is 0 Å². The van der Waals surface area contributed by atoms with Gasteiger partial charge in [0.1, 0.15) is 17.5 Å². The van der Waals surface area contributed by atoms with Crippen molar-refractivity contribution < 1.29 is 19.1 Å². The third-order valence-corrected chi connectivity index (χ3v) is 11.3. The Kier molecular flexibility index (Phi) is 8.89. The van der Waals surface area contributed by atoms with E-state index in [1.54, 1.807) is 55.6 Å². The van der Waals surface area contributed by atoms with Crippen LogP contribution in [0.5, 0.6) is 5.75 Å². The standard InChI is InChI=1S/C33H31BrN4O5S2/c1-4-36(5-2)22-12-6-19(7-13-22)26-27-28(31(41)38(30(27)40)23-14-8-20(34)9-15-23)44-32-29(26)45-33(42)37(32)18-25(39)35-21-10-16-24(43-3)17-11-21/h6-17,26-28H,4-5,18H2,1-3H3,(H,35,39)/t26-,27-,28+/m0/s1. The zero-order chi connectivity index (χ0) is 31.8. The molecule has 3 atom stereocenters. The molecule has 0 saturated carbocycles. The number of hydrogen-bond acceptors (Lipinski definition) is 8. The Balaban J connectivity index is 1.39. The summed E-state index contributed by atoms with van der Waals surface area (Å²) < 4.78 is 7.45. The molecule has 0 bridgehead atoms. The minimum Gasteiger partial charge on any atom is -0.497 e. The summed E-state index contributed by atoms with van der Waals surface area (Å²) in [7, 11) is 1.56. The summed E-state index contributed by atoms with van der Waals surface area (Å²) in [6.45, 7) is 5.66. The van der Waals surface area contributed by atoms with Crippen molar-refractivity contribution in [2.45, 2.75) is 36.6 Å². The highest BCUT2D eigenvalue weighted by Gasteiger charge is 2.56. The number of fused-ring (bicyclic) bond motifs is 2. The molecule has 6 rings (SSSR count). The molecule has 0 aliphatic carbocycles. The van der Waals surface area contributed by atoms with Crippen LogP contribution in [0.15, 0.2) is 87.1 Å². The molecule has 0 radical (unpaired) electrons. The Morgan fingerprint density at radius 3 is 2.22 bits per heavy atom. The number of anilines is 3. The number of benzene rings is 3. The van der Waals surface area contributed by atoms with Gasteiger partial charge in [0, 0.05) is 39.7 Å². The summed E-state index contributed by atoms with van der Waals surface area (Å²) in [4.78, 5) is 58.6. The third-order valence-electron chi connectivity index (χ3n) is 8.19. The van der Waals surface area contributed by atoms with Crippen molar-refractivity contribution in [1.82, 2.24) is 4.57 Å². The second kappa shape index (κ2) is 12.9. The molecule has 3 heterocycles. The quantitative estimate of drug-likeness (QED) is 0.214. The number of nitrogens with one attached hydrogen (secondary N) is 1. The Bertz CT molecular complexity index is 1800. The normalized spacial score (nSPS) is 18.8. The number of methoxy groups -OCH3 is 1. The molecule has 0 spiro atoms. The van der Waals surface area contributed by atoms with E-state index in [0.29, 0.717) is 27.0 Å². The zero-order valence-corrected chi connectivity index (χ0v) is 28.1. The molecule has 12 heteroatoms. The molecule has 0 unspecified atom stereocenters. The number of imide groups is 1. The van der Waals surface area contributed by atoms with Gasteiger partial charge in [-0.15, -0.1) is 0 Å². The molecule has 3 amide bonds. The number of halogens is 1. The van der Waals surface area contributed by atoms with Crippen LogP contribution in [0.1, 0.15) is 30.2 Å². The first-order chi connectivity index (χ1) is 21.7. The van der Waals surface area contributed by atoms with Crippen molar-refractivity contribution in [2.75, 3.05) is 35.3 Å². The predicted molar refractivity (Wildman–Crippen MR) is 182 cm³/mol. The first-order valence-corrected chi connectivity index (χ1v) is 17.0. The van der Waals surface area contributed by atoms with E-state index < -0.39 is 17.1 Å². The van der Waals surface area contributed by atoms with Crippen molar-refractivity contribution in [3.05, 3.63) is 97.4 Å². The van der Waals surface area contributed by atoms with E-state index in [9.17, 15) is 19.2 Å². The molecular weight excluding hydrogens is 676 g/mol. The summed E-state index contributed by atoms with van der Waals surface area (Å²) in [6, 6.07) is 22.0. The number of nitrogens with zero attached hydrogens (tertiary/aromatic N) is 3. The van der Waals surface area contributed by atoms with E-state index in [-0.39, 0.29) is 29.1 Å². The largest absolute Gasteiger partial charge is 0.497 e. The monoisotopic (exact) mass is 706 g/mol. The van der Waals surface area contributed by atoms with Crippen molar-refractivity contribution in [3.63, 3.8) is 0 Å². The smallest absolute Gasteiger partial charge is 0.308 e. The number of thioether (sulfide) groups is 1. The van der Waals surface area contributed by atoms with Crippen molar-refractivity contribution in [3.8, 4) is 5.75 Å². The molecular formula is C33H31BrN4O5S2. The van der Waals surface area contributed by atoms with Crippen LogP contribution in [-0.4, -0.2) is 47.7 Å². The van der Waals surface area contributed by atoms with Crippen molar-refractivity contribution in [1.29, 1.82) is 0 Å². The van der Waals surface area contributed by atoms with Gasteiger partial charge in [-0.2, -0.15) is 0 Å². The predicted octanol–water partition coefficient (Wildman–Crippen LogP) is 5.96. The molecule has 45 heavy (non-hydrogen) atoms. The molecule has 2 aliphatic rings. The average molecular weight is 708 g/mol. The first kappa shape index (κ1) is 31.1. The summed E-state index contributed by atoms with van der Waals surface area (Å²) in [5.41, 5.74) is 2.96. The van der Waals surface area contributed by atoms with Gasteiger partial charge in [-0.1, -0.05) is 51.2 Å². The van der Waals surface area contributed by atoms with Gasteiger partial charge < -0.3 is 15.0 Å². The highest BCUT2D eigenvalue weighted by Crippen LogP contribution is 2.54. The maximum Gasteiger partial charge on any atom is 0.308 e. The van der Waals surface area contributed by atoms with Gasteiger partial charge in [0.2, 0.25) is 17.7 Å². The van der Waals surface area contributed by atoms with E-state index in [4.69, 9.17) is 4.74 Å². The SMILES string of the molecule is CCN(CC)c1ccc([C@@H]2c3sc(=O)n(CC(=O)Nc4ccc(OC)cc4)c3S[C@H]3C(=O)N(c4ccc(Br)cc4)C(=O)[C@@H]23)cc1. The Morgan fingerprint density at radius 1 is 0.933 bits per heavy atom. The summed E-state index contributed by atoms with van der Waals surface area (Å²) >= 11 is 5.66. The fourth-order valence-electron chi connectivity index (χ4n) is 5.96. The molecule has 1 N–H and O–H groups in total. The maximum atomic E-state index is 14.1. The van der Waals surface area contributed by atoms with E-state index in [0.717, 1.165) is 40.1 Å². The third kappa shape index (κ3) is 5.82. The lowest BCUT2D eigenvalue weighted by molar-refractivity contribution is -0.122. The second-order valence-corrected chi connectivity index (χ2v) is 13.7. The number of thiazole rings is 1. The first-order valence-electron chi connectivity index (χ1n) is 14.6. The summed E-state index contributed by atoms with van der Waals surface area (Å²) in [5, 5.41) is 2.63. The van der Waals surface area contributed by atoms with Crippen molar-refractivity contribution in [2.24, 2.45) is 5.92 Å². The molecule has 2 aliphatic heterocycles. The second-order valence-electron chi connectivity index (χ2n) is 10.7. The van der Waals surface area contributed by atoms with Crippen LogP contribution in [-0.2, 0) is 20.9 Å². The van der Waals surface area contributed by atoms with Crippen LogP contribution < -0.4 is 24.7 Å². The number of carbonyl (C=O) groups is 3. The van der Waals surface area contributed by atoms with Gasteiger partial charge >= 0.3 is 4.87 Å². The van der Waals surface area contributed by atoms with E-state index in [2.05, 4.69) is 40.0 Å². The van der Waals surface area contributed by atoms with Gasteiger partial charge in [-0.05, 0) is 80.1 Å². The van der Waals surface area contributed by atoms with Crippen LogP contribution in [0.4, 0.5) is 17.1 Å². The minimum absolute atomic E-state index is 0.229. The number of carbonyl (C=O) groups excluding carboxylic acids is 3. The topological polar surface area (TPSA) is 101 Å². The summed E-state index contributed by atoms with van der Waals surface area (Å²) in [6.07, 6.45) is 0. The number of amides is 3. The van der Waals surface area contributed by atoms with E-state index >= 15 is 0 Å². The summed E-state index contributed by atoms with van der Waals surface area (Å²) in [5.74, 6) is -1.59. The molecule has 232 valence electrons. The van der Waals surface area contributed by atoms with E-state index in [1.807, 2.05) is 24.3 Å². The fourth-order valence-corrected chi connectivity index (χ4v) is 9.00. The number of rotatable bonds is 9. The lowest BCUT2D eigenvalue weighted by Gasteiger charge is -2.31. The van der Waals surface area contributed by atoms with Crippen LogP contribution in [0.2, 0.25) is 0 Å². The van der Waals surface area contributed by atoms with Crippen LogP contribution in [0, 0.1) is 5.92 Å². The van der Waals surface area contributed by atoms with Crippen LogP contribution >= 0.6 is 39.0 Å². The molecule has 9 nitrogen and oxygen atoms in total. The van der Waals surface area contributed by atoms with Gasteiger partial charge in [0.15, 0.2) is 0 Å². The zero-order valence-electron chi connectivity index (χ0n) is 24.9. The van der Waals surface area contributed by atoms with Gasteiger partial charge in [0.25, 0.3) is 0 Å².